The fourth-order valence-electron chi connectivity index (χ4n) is 4.18. The molecule has 0 amide bonds. The minimum absolute atomic E-state index is 0.150. The van der Waals surface area contributed by atoms with Crippen LogP contribution in [0.15, 0.2) is 29.8 Å². The summed E-state index contributed by atoms with van der Waals surface area (Å²) in [6, 6.07) is 8.69. The number of aldehydes is 1. The first-order valence-corrected chi connectivity index (χ1v) is 6.80. The van der Waals surface area contributed by atoms with Gasteiger partial charge in [-0.05, 0) is 41.9 Å². The van der Waals surface area contributed by atoms with Crippen LogP contribution in [0.2, 0.25) is 0 Å². The minimum atomic E-state index is 0.150. The molecule has 1 saturated carbocycles. The Kier molecular flexibility index (Phi) is 2.48. The van der Waals surface area contributed by atoms with Crippen LogP contribution in [0.3, 0.4) is 0 Å². The smallest absolute Gasteiger partial charge is 0.123 e. The van der Waals surface area contributed by atoms with Crippen LogP contribution in [0.25, 0.3) is 5.57 Å². The third-order valence-electron chi connectivity index (χ3n) is 4.73. The van der Waals surface area contributed by atoms with Crippen LogP contribution in [0, 0.1) is 11.3 Å². The maximum absolute atomic E-state index is 11.2. The van der Waals surface area contributed by atoms with E-state index >= 15 is 0 Å². The van der Waals surface area contributed by atoms with E-state index in [9.17, 15) is 4.79 Å². The number of hydrogen-bond donors (Lipinski definition) is 0. The van der Waals surface area contributed by atoms with Crippen molar-refractivity contribution < 1.29 is 4.79 Å². The van der Waals surface area contributed by atoms with Gasteiger partial charge < -0.3 is 4.79 Å². The van der Waals surface area contributed by atoms with Gasteiger partial charge in [0.25, 0.3) is 0 Å². The molecule has 0 unspecified atom stereocenters. The lowest BCUT2D eigenvalue weighted by atomic mass is 9.64. The van der Waals surface area contributed by atoms with Crippen molar-refractivity contribution in [1.82, 2.24) is 0 Å². The second kappa shape index (κ2) is 3.81. The molecule has 2 atom stereocenters. The second-order valence-corrected chi connectivity index (χ2v) is 6.40. The van der Waals surface area contributed by atoms with Crippen LogP contribution >= 0.6 is 0 Å². The quantitative estimate of drug-likeness (QED) is 0.673. The van der Waals surface area contributed by atoms with Crippen LogP contribution in [-0.2, 0) is 4.79 Å². The van der Waals surface area contributed by atoms with Crippen molar-refractivity contribution in [3.05, 3.63) is 41.0 Å². The van der Waals surface area contributed by atoms with Gasteiger partial charge in [0.1, 0.15) is 6.29 Å². The molecule has 1 fully saturated rings. The van der Waals surface area contributed by atoms with Crippen LogP contribution in [-0.4, -0.2) is 6.29 Å². The van der Waals surface area contributed by atoms with E-state index in [2.05, 4.69) is 45.0 Å². The van der Waals surface area contributed by atoms with Crippen molar-refractivity contribution in [2.75, 3.05) is 0 Å². The Bertz CT molecular complexity index is 536. The van der Waals surface area contributed by atoms with Crippen LogP contribution in [0.4, 0.5) is 0 Å². The van der Waals surface area contributed by atoms with E-state index in [1.807, 2.05) is 0 Å². The van der Waals surface area contributed by atoms with Gasteiger partial charge in [0, 0.05) is 11.8 Å². The molecule has 2 aliphatic rings. The van der Waals surface area contributed by atoms with Crippen molar-refractivity contribution in [2.24, 2.45) is 11.3 Å². The Morgan fingerprint density at radius 1 is 1.28 bits per heavy atom. The van der Waals surface area contributed by atoms with Crippen molar-refractivity contribution in [3.8, 4) is 0 Å². The molecule has 0 aromatic heterocycles. The van der Waals surface area contributed by atoms with Gasteiger partial charge in [0.05, 0.1) is 0 Å². The van der Waals surface area contributed by atoms with Gasteiger partial charge in [-0.2, -0.15) is 0 Å². The van der Waals surface area contributed by atoms with Gasteiger partial charge >= 0.3 is 0 Å². The van der Waals surface area contributed by atoms with E-state index in [4.69, 9.17) is 0 Å². The first-order chi connectivity index (χ1) is 8.54. The Morgan fingerprint density at radius 3 is 2.72 bits per heavy atom. The molecule has 1 aromatic rings. The molecule has 0 saturated heterocycles. The molecule has 0 N–H and O–H groups in total. The maximum atomic E-state index is 11.2. The Morgan fingerprint density at radius 2 is 2.00 bits per heavy atom. The average Bonchev–Trinajstić information content (AvgIpc) is 2.64. The van der Waals surface area contributed by atoms with Gasteiger partial charge in [0.15, 0.2) is 0 Å². The number of fused-ring (bicyclic) bond motifs is 3. The number of carbonyl (C=O) groups excluding carboxylic acids is 1. The van der Waals surface area contributed by atoms with Gasteiger partial charge in [-0.1, -0.05) is 43.7 Å². The Labute approximate surface area is 109 Å². The Balaban J connectivity index is 2.16. The van der Waals surface area contributed by atoms with E-state index < -0.39 is 0 Å². The molecule has 94 valence electrons. The normalized spacial score (nSPS) is 28.8. The number of hydrogen-bond acceptors (Lipinski definition) is 1. The SMILES string of the molecule is CC1=C2[C@H](C[C@@H](C=O)CC2(C)C)c2ccccc21. The zero-order valence-electron chi connectivity index (χ0n) is 11.4. The number of allylic oxidation sites excluding steroid dienone is 2. The third kappa shape index (κ3) is 1.50. The molecule has 1 heteroatoms. The predicted molar refractivity (Wildman–Crippen MR) is 74.3 cm³/mol. The third-order valence-corrected chi connectivity index (χ3v) is 4.73. The number of benzene rings is 1. The predicted octanol–water partition coefficient (Wildman–Crippen LogP) is 4.19. The largest absolute Gasteiger partial charge is 0.303 e. The standard InChI is InChI=1S/C17H20O/c1-11-13-6-4-5-7-14(13)15-8-12(10-18)9-17(2,3)16(11)15/h4-7,10,12,15H,8-9H2,1-3H3/t12-,15-/m1/s1. The van der Waals surface area contributed by atoms with E-state index in [1.165, 1.54) is 16.7 Å². The van der Waals surface area contributed by atoms with E-state index in [1.54, 1.807) is 5.57 Å². The summed E-state index contributed by atoms with van der Waals surface area (Å²) in [6.45, 7) is 6.83. The number of carbonyl (C=O) groups is 1. The monoisotopic (exact) mass is 240 g/mol. The highest BCUT2D eigenvalue weighted by molar-refractivity contribution is 5.79. The van der Waals surface area contributed by atoms with Crippen molar-refractivity contribution >= 4 is 11.9 Å². The highest BCUT2D eigenvalue weighted by Gasteiger charge is 2.43. The fraction of sp³-hybridized carbons (Fsp3) is 0.471. The van der Waals surface area contributed by atoms with Gasteiger partial charge in [-0.15, -0.1) is 0 Å². The van der Waals surface area contributed by atoms with Crippen LogP contribution in [0.5, 0.6) is 0 Å². The topological polar surface area (TPSA) is 17.1 Å². The molecule has 1 aromatic carbocycles. The minimum Gasteiger partial charge on any atom is -0.303 e. The maximum Gasteiger partial charge on any atom is 0.123 e. The first-order valence-electron chi connectivity index (χ1n) is 6.80. The molecule has 1 nitrogen and oxygen atoms in total. The molecule has 0 bridgehead atoms. The molecule has 3 rings (SSSR count). The molecule has 0 radical (unpaired) electrons. The molecule has 0 heterocycles. The molecule has 0 aliphatic heterocycles. The summed E-state index contributed by atoms with van der Waals surface area (Å²) in [5, 5.41) is 0. The molecule has 2 aliphatic carbocycles. The summed E-state index contributed by atoms with van der Waals surface area (Å²) < 4.78 is 0. The zero-order valence-corrected chi connectivity index (χ0v) is 11.4. The summed E-state index contributed by atoms with van der Waals surface area (Å²) in [7, 11) is 0. The van der Waals surface area contributed by atoms with E-state index in [0.29, 0.717) is 5.92 Å². The summed E-state index contributed by atoms with van der Waals surface area (Å²) in [4.78, 5) is 11.2. The molecular formula is C17H20O. The average molecular weight is 240 g/mol. The lowest BCUT2D eigenvalue weighted by Crippen LogP contribution is -2.30. The van der Waals surface area contributed by atoms with Gasteiger partial charge in [-0.25, -0.2) is 0 Å². The van der Waals surface area contributed by atoms with Crippen molar-refractivity contribution in [1.29, 1.82) is 0 Å². The first kappa shape index (κ1) is 11.7. The highest BCUT2D eigenvalue weighted by atomic mass is 16.1. The zero-order chi connectivity index (χ0) is 12.9. The van der Waals surface area contributed by atoms with E-state index in [-0.39, 0.29) is 11.3 Å². The van der Waals surface area contributed by atoms with Crippen LogP contribution in [0.1, 0.15) is 50.7 Å². The molecule has 0 spiro atoms. The Hall–Kier alpha value is -1.37. The summed E-state index contributed by atoms with van der Waals surface area (Å²) in [5.74, 6) is 0.688. The lowest BCUT2D eigenvalue weighted by molar-refractivity contribution is -0.112. The lowest BCUT2D eigenvalue weighted by Gasteiger charge is -2.40. The summed E-state index contributed by atoms with van der Waals surface area (Å²) >= 11 is 0. The second-order valence-electron chi connectivity index (χ2n) is 6.40. The van der Waals surface area contributed by atoms with E-state index in [0.717, 1.165) is 19.1 Å². The van der Waals surface area contributed by atoms with Crippen molar-refractivity contribution in [3.63, 3.8) is 0 Å². The van der Waals surface area contributed by atoms with Gasteiger partial charge in [0.2, 0.25) is 0 Å². The molecule has 18 heavy (non-hydrogen) atoms. The van der Waals surface area contributed by atoms with Gasteiger partial charge in [-0.3, -0.25) is 0 Å². The summed E-state index contributed by atoms with van der Waals surface area (Å²) in [5.41, 5.74) is 6.01. The highest BCUT2D eigenvalue weighted by Crippen LogP contribution is 2.57. The molecular weight excluding hydrogens is 220 g/mol. The fourth-order valence-corrected chi connectivity index (χ4v) is 4.18. The number of rotatable bonds is 1. The van der Waals surface area contributed by atoms with Crippen molar-refractivity contribution in [2.45, 2.75) is 39.5 Å². The van der Waals surface area contributed by atoms with Crippen LogP contribution < -0.4 is 0 Å². The summed E-state index contributed by atoms with van der Waals surface area (Å²) in [6.07, 6.45) is 3.15.